The molecule has 37 heavy (non-hydrogen) atoms. The number of amides is 1. The van der Waals surface area contributed by atoms with Crippen LogP contribution in [0.4, 0.5) is 0 Å². The molecule has 2 aromatic rings. The molecule has 1 amide bonds. The first-order valence-corrected chi connectivity index (χ1v) is 14.1. The van der Waals surface area contributed by atoms with E-state index in [1.165, 1.54) is 17.5 Å². The lowest BCUT2D eigenvalue weighted by Crippen LogP contribution is -2.48. The molecule has 2 atom stereocenters. The number of hydrogen-bond acceptors (Lipinski definition) is 5. The third-order valence-electron chi connectivity index (χ3n) is 8.10. The van der Waals surface area contributed by atoms with Crippen molar-refractivity contribution in [2.45, 2.75) is 77.1 Å². The molecule has 0 spiro atoms. The van der Waals surface area contributed by atoms with Crippen molar-refractivity contribution in [2.75, 3.05) is 32.9 Å². The van der Waals surface area contributed by atoms with E-state index in [1.807, 2.05) is 23.1 Å². The van der Waals surface area contributed by atoms with Crippen molar-refractivity contribution in [3.05, 3.63) is 64.7 Å². The van der Waals surface area contributed by atoms with Crippen LogP contribution in [0.5, 0.6) is 5.75 Å². The van der Waals surface area contributed by atoms with Gasteiger partial charge in [0.1, 0.15) is 12.4 Å². The molecule has 3 aliphatic rings. The first-order valence-electron chi connectivity index (χ1n) is 14.1. The molecule has 200 valence electrons. The highest BCUT2D eigenvalue weighted by atomic mass is 16.5. The molecule has 4 bridgehead atoms. The Balaban J connectivity index is 1.38. The van der Waals surface area contributed by atoms with Gasteiger partial charge in [-0.15, -0.1) is 0 Å². The second-order valence-corrected chi connectivity index (χ2v) is 11.5. The van der Waals surface area contributed by atoms with Gasteiger partial charge in [0, 0.05) is 37.2 Å². The standard InChI is InChI=1S/C31H42N2O4/c1-22(2)10-11-32-12-13-36-14-15-37-30-9-6-25(18-26(30)17-23-4-3-5-24(16-23)21-32)31(35)33-27-7-8-28(33)20-29(34)19-27/h3-6,9,16,18,22,27-29,34H,7-8,10-15,17,19-21H2,1-2H3. The van der Waals surface area contributed by atoms with Gasteiger partial charge in [-0.25, -0.2) is 0 Å². The highest BCUT2D eigenvalue weighted by Gasteiger charge is 2.43. The Labute approximate surface area is 221 Å². The van der Waals surface area contributed by atoms with Crippen molar-refractivity contribution in [2.24, 2.45) is 5.92 Å². The Morgan fingerprint density at radius 2 is 1.81 bits per heavy atom. The summed E-state index contributed by atoms with van der Waals surface area (Å²) in [5.41, 5.74) is 4.27. The molecule has 0 aliphatic carbocycles. The zero-order valence-corrected chi connectivity index (χ0v) is 22.4. The van der Waals surface area contributed by atoms with Crippen LogP contribution in [0, 0.1) is 5.92 Å². The smallest absolute Gasteiger partial charge is 0.254 e. The van der Waals surface area contributed by atoms with Gasteiger partial charge >= 0.3 is 0 Å². The minimum Gasteiger partial charge on any atom is -0.491 e. The number of aliphatic hydroxyl groups is 1. The zero-order chi connectivity index (χ0) is 25.8. The highest BCUT2D eigenvalue weighted by Crippen LogP contribution is 2.37. The van der Waals surface area contributed by atoms with Crippen molar-refractivity contribution in [3.8, 4) is 5.75 Å². The molecule has 5 rings (SSSR count). The number of hydrogen-bond donors (Lipinski definition) is 1. The second-order valence-electron chi connectivity index (χ2n) is 11.5. The zero-order valence-electron chi connectivity index (χ0n) is 22.4. The number of ether oxygens (including phenoxy) is 2. The number of carbonyl (C=O) groups is 1. The van der Waals surface area contributed by atoms with Gasteiger partial charge in [-0.1, -0.05) is 38.1 Å². The van der Waals surface area contributed by atoms with Gasteiger partial charge in [-0.3, -0.25) is 9.69 Å². The van der Waals surface area contributed by atoms with Crippen LogP contribution in [0.3, 0.4) is 0 Å². The summed E-state index contributed by atoms with van der Waals surface area (Å²) >= 11 is 0. The molecule has 6 heteroatoms. The molecule has 2 aromatic carbocycles. The van der Waals surface area contributed by atoms with Crippen molar-refractivity contribution in [1.82, 2.24) is 9.80 Å². The quantitative estimate of drug-likeness (QED) is 0.654. The number of benzene rings is 2. The third-order valence-corrected chi connectivity index (χ3v) is 8.10. The number of nitrogens with zero attached hydrogens (tertiary/aromatic N) is 2. The molecule has 3 aliphatic heterocycles. The fourth-order valence-corrected chi connectivity index (χ4v) is 6.15. The molecule has 0 saturated carbocycles. The predicted octanol–water partition coefficient (Wildman–Crippen LogP) is 4.66. The highest BCUT2D eigenvalue weighted by molar-refractivity contribution is 5.95. The minimum atomic E-state index is -0.282. The fraction of sp³-hybridized carbons (Fsp3) is 0.581. The fourth-order valence-electron chi connectivity index (χ4n) is 6.15. The molecule has 1 N–H and O–H groups in total. The lowest BCUT2D eigenvalue weighted by Gasteiger charge is -2.37. The lowest BCUT2D eigenvalue weighted by molar-refractivity contribution is 0.0286. The van der Waals surface area contributed by atoms with Crippen molar-refractivity contribution >= 4 is 5.91 Å². The summed E-state index contributed by atoms with van der Waals surface area (Å²) in [5, 5.41) is 10.2. The average molecular weight is 507 g/mol. The second kappa shape index (κ2) is 12.0. The molecule has 0 radical (unpaired) electrons. The van der Waals surface area contributed by atoms with Gasteiger partial charge in [0.25, 0.3) is 5.91 Å². The van der Waals surface area contributed by atoms with Gasteiger partial charge in [0.05, 0.1) is 19.3 Å². The molecular formula is C31H42N2O4. The van der Waals surface area contributed by atoms with Crippen molar-refractivity contribution < 1.29 is 19.4 Å². The van der Waals surface area contributed by atoms with Crippen molar-refractivity contribution in [1.29, 1.82) is 0 Å². The lowest BCUT2D eigenvalue weighted by atomic mass is 9.96. The number of rotatable bonds is 4. The summed E-state index contributed by atoms with van der Waals surface area (Å²) in [6.45, 7) is 9.15. The van der Waals surface area contributed by atoms with Crippen molar-refractivity contribution in [3.63, 3.8) is 0 Å². The van der Waals surface area contributed by atoms with Crippen LogP contribution in [0.15, 0.2) is 42.5 Å². The minimum absolute atomic E-state index is 0.0829. The number of fused-ring (bicyclic) bond motifs is 5. The molecule has 2 saturated heterocycles. The molecule has 3 heterocycles. The number of piperidine rings is 1. The van der Waals surface area contributed by atoms with E-state index >= 15 is 0 Å². The first-order chi connectivity index (χ1) is 18.0. The Bertz CT molecular complexity index is 1060. The van der Waals surface area contributed by atoms with E-state index in [4.69, 9.17) is 9.47 Å². The molecule has 2 fully saturated rings. The SMILES string of the molecule is CC(C)CCN1CCOCCOc2ccc(C(=O)N3C4CCC3CC(O)C4)cc2Cc2cccc(c2)C1. The van der Waals surface area contributed by atoms with E-state index in [1.54, 1.807) is 0 Å². The molecule has 0 aromatic heterocycles. The Morgan fingerprint density at radius 3 is 2.59 bits per heavy atom. The van der Waals surface area contributed by atoms with Gasteiger partial charge in [-0.2, -0.15) is 0 Å². The largest absolute Gasteiger partial charge is 0.491 e. The van der Waals surface area contributed by atoms with Crippen LogP contribution < -0.4 is 4.74 Å². The van der Waals surface area contributed by atoms with E-state index < -0.39 is 0 Å². The number of carbonyl (C=O) groups excluding carboxylic acids is 1. The van der Waals surface area contributed by atoms with Crippen LogP contribution in [0.1, 0.15) is 73.0 Å². The Morgan fingerprint density at radius 1 is 1.03 bits per heavy atom. The van der Waals surface area contributed by atoms with Crippen LogP contribution in [-0.4, -0.2) is 71.9 Å². The summed E-state index contributed by atoms with van der Waals surface area (Å²) in [6.07, 6.45) is 4.96. The predicted molar refractivity (Wildman–Crippen MR) is 145 cm³/mol. The van der Waals surface area contributed by atoms with Crippen LogP contribution in [0.2, 0.25) is 0 Å². The van der Waals surface area contributed by atoms with Crippen LogP contribution in [0.25, 0.3) is 0 Å². The summed E-state index contributed by atoms with van der Waals surface area (Å²) in [5.74, 6) is 1.57. The summed E-state index contributed by atoms with van der Waals surface area (Å²) in [4.78, 5) is 18.1. The molecule has 6 nitrogen and oxygen atoms in total. The Kier molecular flexibility index (Phi) is 8.48. The third kappa shape index (κ3) is 6.54. The summed E-state index contributed by atoms with van der Waals surface area (Å²) in [7, 11) is 0. The Hall–Kier alpha value is -2.41. The van der Waals surface area contributed by atoms with Gasteiger partial charge in [0.15, 0.2) is 0 Å². The normalized spacial score (nSPS) is 24.9. The monoisotopic (exact) mass is 506 g/mol. The van der Waals surface area contributed by atoms with Gasteiger partial charge in [0.2, 0.25) is 0 Å². The first kappa shape index (κ1) is 26.2. The van der Waals surface area contributed by atoms with Gasteiger partial charge < -0.3 is 19.5 Å². The van der Waals surface area contributed by atoms with Gasteiger partial charge in [-0.05, 0) is 79.5 Å². The number of aliphatic hydroxyl groups excluding tert-OH is 1. The van der Waals surface area contributed by atoms with E-state index in [2.05, 4.69) is 43.0 Å². The maximum Gasteiger partial charge on any atom is 0.254 e. The summed E-state index contributed by atoms with van der Waals surface area (Å²) < 4.78 is 12.1. The average Bonchev–Trinajstić information content (AvgIpc) is 3.15. The van der Waals surface area contributed by atoms with Crippen LogP contribution in [-0.2, 0) is 17.7 Å². The molecular weight excluding hydrogens is 464 g/mol. The molecule has 2 unspecified atom stereocenters. The summed E-state index contributed by atoms with van der Waals surface area (Å²) in [6, 6.07) is 15.0. The maximum atomic E-state index is 13.6. The van der Waals surface area contributed by atoms with E-state index in [-0.39, 0.29) is 24.1 Å². The topological polar surface area (TPSA) is 62.2 Å². The van der Waals surface area contributed by atoms with E-state index in [0.717, 1.165) is 43.8 Å². The van der Waals surface area contributed by atoms with E-state index in [9.17, 15) is 9.90 Å². The maximum absolute atomic E-state index is 13.6. The van der Waals surface area contributed by atoms with E-state index in [0.29, 0.717) is 50.6 Å². The van der Waals surface area contributed by atoms with Crippen LogP contribution >= 0.6 is 0 Å².